The highest BCUT2D eigenvalue weighted by Crippen LogP contribution is 2.20. The molecule has 1 aromatic carbocycles. The Morgan fingerprint density at radius 3 is 2.45 bits per heavy atom. The van der Waals surface area contributed by atoms with E-state index in [9.17, 15) is 8.42 Å². The fraction of sp³-hybridized carbons (Fsp3) is 0.647. The molecule has 1 fully saturated rings. The molecule has 1 aliphatic heterocycles. The van der Waals surface area contributed by atoms with E-state index in [0.29, 0.717) is 23.4 Å². The molecule has 0 spiro atoms. The maximum atomic E-state index is 12.5. The van der Waals surface area contributed by atoms with E-state index >= 15 is 0 Å². The van der Waals surface area contributed by atoms with Gasteiger partial charge >= 0.3 is 0 Å². The summed E-state index contributed by atoms with van der Waals surface area (Å²) in [5, 5.41) is 0. The lowest BCUT2D eigenvalue weighted by atomic mass is 9.96. The molecule has 0 radical (unpaired) electrons. The number of benzene rings is 1. The monoisotopic (exact) mass is 324 g/mol. The van der Waals surface area contributed by atoms with Gasteiger partial charge < -0.3 is 4.90 Å². The molecule has 5 heteroatoms. The second-order valence-corrected chi connectivity index (χ2v) is 8.43. The zero-order chi connectivity index (χ0) is 16.3. The molecule has 1 heterocycles. The molecule has 0 unspecified atom stereocenters. The van der Waals surface area contributed by atoms with Gasteiger partial charge in [-0.1, -0.05) is 12.1 Å². The number of nitrogens with one attached hydrogen (secondary N) is 1. The largest absolute Gasteiger partial charge is 0.301 e. The Kier molecular flexibility index (Phi) is 5.64. The van der Waals surface area contributed by atoms with E-state index in [0.717, 1.165) is 37.1 Å². The molecule has 1 aromatic rings. The molecule has 1 saturated heterocycles. The molecule has 22 heavy (non-hydrogen) atoms. The second-order valence-electron chi connectivity index (χ2n) is 6.69. The molecule has 1 aliphatic rings. The Morgan fingerprint density at radius 1 is 1.23 bits per heavy atom. The summed E-state index contributed by atoms with van der Waals surface area (Å²) in [6.45, 7) is 10.9. The van der Waals surface area contributed by atoms with Crippen LogP contribution in [0.4, 0.5) is 0 Å². The molecular weight excluding hydrogens is 296 g/mol. The van der Waals surface area contributed by atoms with E-state index in [1.54, 1.807) is 6.07 Å². The number of likely N-dealkylation sites (tertiary alicyclic amines) is 1. The topological polar surface area (TPSA) is 49.4 Å². The van der Waals surface area contributed by atoms with Crippen LogP contribution in [0.1, 0.15) is 37.8 Å². The Morgan fingerprint density at radius 2 is 1.86 bits per heavy atom. The van der Waals surface area contributed by atoms with Crippen LogP contribution in [-0.4, -0.2) is 39.0 Å². The number of rotatable bonds is 5. The van der Waals surface area contributed by atoms with Gasteiger partial charge in [-0.2, -0.15) is 0 Å². The van der Waals surface area contributed by atoms with Crippen molar-refractivity contribution in [3.8, 4) is 0 Å². The summed E-state index contributed by atoms with van der Waals surface area (Å²) in [5.41, 5.74) is 1.77. The minimum Gasteiger partial charge on any atom is -0.301 e. The molecule has 0 aliphatic carbocycles. The van der Waals surface area contributed by atoms with Crippen LogP contribution < -0.4 is 4.72 Å². The van der Waals surface area contributed by atoms with Crippen molar-refractivity contribution in [1.29, 1.82) is 0 Å². The lowest BCUT2D eigenvalue weighted by Gasteiger charge is -2.34. The molecular formula is C17H28N2O2S. The van der Waals surface area contributed by atoms with E-state index in [1.807, 2.05) is 26.0 Å². The van der Waals surface area contributed by atoms with Crippen LogP contribution >= 0.6 is 0 Å². The molecule has 124 valence electrons. The summed E-state index contributed by atoms with van der Waals surface area (Å²) in [6, 6.07) is 6.13. The lowest BCUT2D eigenvalue weighted by Crippen LogP contribution is -2.41. The van der Waals surface area contributed by atoms with E-state index in [1.165, 1.54) is 0 Å². The van der Waals surface area contributed by atoms with E-state index in [4.69, 9.17) is 0 Å². The van der Waals surface area contributed by atoms with Gasteiger partial charge in [0.1, 0.15) is 0 Å². The quantitative estimate of drug-likeness (QED) is 0.906. The summed E-state index contributed by atoms with van der Waals surface area (Å²) in [7, 11) is -3.41. The predicted molar refractivity (Wildman–Crippen MR) is 90.5 cm³/mol. The maximum Gasteiger partial charge on any atom is 0.240 e. The normalized spacial score (nSPS) is 18.0. The third-order valence-electron chi connectivity index (χ3n) is 4.57. The van der Waals surface area contributed by atoms with Crippen LogP contribution in [0.15, 0.2) is 23.1 Å². The van der Waals surface area contributed by atoms with Gasteiger partial charge in [-0.25, -0.2) is 13.1 Å². The zero-order valence-electron chi connectivity index (χ0n) is 14.1. The number of hydrogen-bond acceptors (Lipinski definition) is 3. The van der Waals surface area contributed by atoms with Gasteiger partial charge in [-0.3, -0.25) is 0 Å². The molecule has 2 rings (SSSR count). The van der Waals surface area contributed by atoms with Crippen molar-refractivity contribution in [2.24, 2.45) is 5.92 Å². The Labute approximate surface area is 135 Å². The van der Waals surface area contributed by atoms with Gasteiger partial charge in [-0.05, 0) is 76.7 Å². The standard InChI is InChI=1S/C17H28N2O2S/c1-13(2)19-9-7-16(8-10-19)12-18-22(20,21)17-11-14(3)5-6-15(17)4/h5-6,11,13,16,18H,7-10,12H2,1-4H3. The van der Waals surface area contributed by atoms with Crippen molar-refractivity contribution < 1.29 is 8.42 Å². The van der Waals surface area contributed by atoms with Crippen LogP contribution in [-0.2, 0) is 10.0 Å². The van der Waals surface area contributed by atoms with Crippen molar-refractivity contribution in [2.45, 2.75) is 51.5 Å². The number of aryl methyl sites for hydroxylation is 2. The average Bonchev–Trinajstić information content (AvgIpc) is 2.48. The highest BCUT2D eigenvalue weighted by Gasteiger charge is 2.23. The van der Waals surface area contributed by atoms with Crippen molar-refractivity contribution >= 4 is 10.0 Å². The van der Waals surface area contributed by atoms with Gasteiger partial charge in [0.2, 0.25) is 10.0 Å². The first kappa shape index (κ1) is 17.4. The smallest absolute Gasteiger partial charge is 0.240 e. The first-order valence-electron chi connectivity index (χ1n) is 8.10. The van der Waals surface area contributed by atoms with Crippen LogP contribution in [0.5, 0.6) is 0 Å². The van der Waals surface area contributed by atoms with Gasteiger partial charge in [0.25, 0.3) is 0 Å². The molecule has 4 nitrogen and oxygen atoms in total. The van der Waals surface area contributed by atoms with Crippen molar-refractivity contribution in [3.05, 3.63) is 29.3 Å². The Balaban J connectivity index is 1.95. The molecule has 0 aromatic heterocycles. The zero-order valence-corrected chi connectivity index (χ0v) is 14.9. The second kappa shape index (κ2) is 7.11. The first-order chi connectivity index (χ1) is 10.3. The summed E-state index contributed by atoms with van der Waals surface area (Å²) >= 11 is 0. The minimum atomic E-state index is -3.41. The highest BCUT2D eigenvalue weighted by atomic mass is 32.2. The SMILES string of the molecule is Cc1ccc(C)c(S(=O)(=O)NCC2CCN(C(C)C)CC2)c1. The lowest BCUT2D eigenvalue weighted by molar-refractivity contribution is 0.151. The third kappa shape index (κ3) is 4.31. The van der Waals surface area contributed by atoms with E-state index in [-0.39, 0.29) is 0 Å². The maximum absolute atomic E-state index is 12.5. The van der Waals surface area contributed by atoms with Gasteiger partial charge in [0.05, 0.1) is 4.90 Å². The fourth-order valence-electron chi connectivity index (χ4n) is 2.98. The summed E-state index contributed by atoms with van der Waals surface area (Å²) in [5.74, 6) is 0.440. The molecule has 0 atom stereocenters. The highest BCUT2D eigenvalue weighted by molar-refractivity contribution is 7.89. The van der Waals surface area contributed by atoms with Crippen molar-refractivity contribution in [3.63, 3.8) is 0 Å². The summed E-state index contributed by atoms with van der Waals surface area (Å²) in [6.07, 6.45) is 2.13. The minimum absolute atomic E-state index is 0.409. The number of nitrogens with zero attached hydrogens (tertiary/aromatic N) is 1. The molecule has 0 saturated carbocycles. The first-order valence-corrected chi connectivity index (χ1v) is 9.59. The van der Waals surface area contributed by atoms with Gasteiger partial charge in [0.15, 0.2) is 0 Å². The number of hydrogen-bond donors (Lipinski definition) is 1. The summed E-state index contributed by atoms with van der Waals surface area (Å²) < 4.78 is 27.8. The number of piperidine rings is 1. The van der Waals surface area contributed by atoms with Crippen LogP contribution in [0.2, 0.25) is 0 Å². The number of sulfonamides is 1. The van der Waals surface area contributed by atoms with Crippen molar-refractivity contribution in [1.82, 2.24) is 9.62 Å². The Bertz CT molecular complexity index is 603. The predicted octanol–water partition coefficient (Wildman–Crippen LogP) is 2.70. The third-order valence-corrected chi connectivity index (χ3v) is 6.14. The van der Waals surface area contributed by atoms with Crippen LogP contribution in [0.3, 0.4) is 0 Å². The molecule has 0 bridgehead atoms. The van der Waals surface area contributed by atoms with Crippen LogP contribution in [0.25, 0.3) is 0 Å². The van der Waals surface area contributed by atoms with E-state index < -0.39 is 10.0 Å². The Hall–Kier alpha value is -0.910. The van der Waals surface area contributed by atoms with Gasteiger partial charge in [-0.15, -0.1) is 0 Å². The van der Waals surface area contributed by atoms with Crippen LogP contribution in [0, 0.1) is 19.8 Å². The van der Waals surface area contributed by atoms with E-state index in [2.05, 4.69) is 23.5 Å². The van der Waals surface area contributed by atoms with Gasteiger partial charge in [0, 0.05) is 12.6 Å². The summed E-state index contributed by atoms with van der Waals surface area (Å²) in [4.78, 5) is 2.86. The molecule has 1 N–H and O–H groups in total. The molecule has 0 amide bonds. The average molecular weight is 324 g/mol. The van der Waals surface area contributed by atoms with Crippen molar-refractivity contribution in [2.75, 3.05) is 19.6 Å². The fourth-order valence-corrected chi connectivity index (χ4v) is 4.42.